The Hall–Kier alpha value is -2.47. The lowest BCUT2D eigenvalue weighted by Crippen LogP contribution is -2.30. The minimum atomic E-state index is 0.0304. The Labute approximate surface area is 141 Å². The molecule has 6 nitrogen and oxygen atoms in total. The Kier molecular flexibility index (Phi) is 4.76. The highest BCUT2D eigenvalue weighted by molar-refractivity contribution is 5.99. The first kappa shape index (κ1) is 16.4. The van der Waals surface area contributed by atoms with Gasteiger partial charge in [0.15, 0.2) is 0 Å². The third-order valence-corrected chi connectivity index (χ3v) is 3.98. The fourth-order valence-electron chi connectivity index (χ4n) is 2.90. The van der Waals surface area contributed by atoms with Crippen molar-refractivity contribution in [2.24, 2.45) is 11.7 Å². The Morgan fingerprint density at radius 1 is 1.33 bits per heavy atom. The van der Waals surface area contributed by atoms with Crippen molar-refractivity contribution in [3.63, 3.8) is 0 Å². The highest BCUT2D eigenvalue weighted by atomic mass is 16.1. The summed E-state index contributed by atoms with van der Waals surface area (Å²) in [5, 5.41) is 6.09. The number of nitrogens with one attached hydrogen (secondary N) is 2. The van der Waals surface area contributed by atoms with Gasteiger partial charge in [0, 0.05) is 23.8 Å². The second-order valence-corrected chi connectivity index (χ2v) is 6.66. The zero-order valence-electron chi connectivity index (χ0n) is 14.0. The molecule has 0 saturated heterocycles. The molecule has 6 heteroatoms. The molecule has 126 valence electrons. The first-order valence-corrected chi connectivity index (χ1v) is 8.26. The average Bonchev–Trinajstić information content (AvgIpc) is 2.91. The molecule has 2 heterocycles. The molecule has 1 aromatic carbocycles. The minimum Gasteiger partial charge on any atom is -0.367 e. The smallest absolute Gasteiger partial charge is 0.228 e. The molecule has 0 bridgehead atoms. The number of benzene rings is 1. The van der Waals surface area contributed by atoms with Crippen LogP contribution >= 0.6 is 0 Å². The Morgan fingerprint density at radius 2 is 2.17 bits per heavy atom. The summed E-state index contributed by atoms with van der Waals surface area (Å²) in [4.78, 5) is 20.3. The zero-order valence-corrected chi connectivity index (χ0v) is 14.0. The van der Waals surface area contributed by atoms with Gasteiger partial charge in [-0.3, -0.25) is 9.78 Å². The molecule has 1 atom stereocenters. The monoisotopic (exact) mass is 325 g/mol. The van der Waals surface area contributed by atoms with Gasteiger partial charge in [0.1, 0.15) is 5.82 Å². The molecule has 2 aromatic rings. The van der Waals surface area contributed by atoms with E-state index in [4.69, 9.17) is 5.73 Å². The van der Waals surface area contributed by atoms with Crippen molar-refractivity contribution in [3.8, 4) is 11.3 Å². The van der Waals surface area contributed by atoms with Crippen molar-refractivity contribution < 1.29 is 4.79 Å². The van der Waals surface area contributed by atoms with Gasteiger partial charge in [0.2, 0.25) is 5.91 Å². The number of carbonyl (C=O) groups excluding carboxylic acids is 1. The standard InChI is InChI=1S/C18H23N5O/c1-11(2)5-14(19)8-21-17-10-20-9-16(22-17)12-3-4-15-13(6-12)7-18(24)23-15/h3-4,6,9-11,14H,5,7-8,19H2,1-2H3,(H,21,22)(H,23,24). The SMILES string of the molecule is CC(C)CC(N)CNc1cncc(-c2ccc3c(c2)CC(=O)N3)n1. The number of rotatable bonds is 6. The van der Waals surface area contributed by atoms with Gasteiger partial charge in [-0.2, -0.15) is 0 Å². The molecule has 1 aromatic heterocycles. The van der Waals surface area contributed by atoms with Crippen LogP contribution in [-0.4, -0.2) is 28.5 Å². The second-order valence-electron chi connectivity index (χ2n) is 6.66. The number of hydrogen-bond acceptors (Lipinski definition) is 5. The lowest BCUT2D eigenvalue weighted by atomic mass is 10.0. The third kappa shape index (κ3) is 3.89. The quantitative estimate of drug-likeness (QED) is 0.758. The summed E-state index contributed by atoms with van der Waals surface area (Å²) in [6, 6.07) is 5.94. The van der Waals surface area contributed by atoms with Gasteiger partial charge in [-0.25, -0.2) is 4.98 Å². The maximum Gasteiger partial charge on any atom is 0.228 e. The molecule has 1 amide bonds. The average molecular weight is 325 g/mol. The van der Waals surface area contributed by atoms with Gasteiger partial charge in [0.05, 0.1) is 24.5 Å². The van der Waals surface area contributed by atoms with Crippen LogP contribution in [0.5, 0.6) is 0 Å². The molecule has 3 rings (SSSR count). The van der Waals surface area contributed by atoms with Crippen LogP contribution in [0, 0.1) is 5.92 Å². The molecule has 0 saturated carbocycles. The van der Waals surface area contributed by atoms with Crippen molar-refractivity contribution in [3.05, 3.63) is 36.2 Å². The molecule has 4 N–H and O–H groups in total. The number of carbonyl (C=O) groups is 1. The van der Waals surface area contributed by atoms with Gasteiger partial charge in [-0.05, 0) is 30.0 Å². The summed E-state index contributed by atoms with van der Waals surface area (Å²) in [7, 11) is 0. The van der Waals surface area contributed by atoms with E-state index in [1.165, 1.54) is 0 Å². The summed E-state index contributed by atoms with van der Waals surface area (Å²) in [5.41, 5.74) is 9.70. The fraction of sp³-hybridized carbons (Fsp3) is 0.389. The van der Waals surface area contributed by atoms with E-state index in [9.17, 15) is 4.79 Å². The summed E-state index contributed by atoms with van der Waals surface area (Å²) in [6.07, 6.45) is 4.81. The van der Waals surface area contributed by atoms with Crippen molar-refractivity contribution in [1.29, 1.82) is 0 Å². The second kappa shape index (κ2) is 6.97. The normalized spacial score (nSPS) is 14.4. The summed E-state index contributed by atoms with van der Waals surface area (Å²) in [6.45, 7) is 4.99. The summed E-state index contributed by atoms with van der Waals surface area (Å²) < 4.78 is 0. The number of aromatic nitrogens is 2. The number of hydrogen-bond donors (Lipinski definition) is 3. The predicted octanol–water partition coefficient (Wildman–Crippen LogP) is 2.42. The van der Waals surface area contributed by atoms with E-state index in [1.807, 2.05) is 18.2 Å². The molecule has 0 aliphatic carbocycles. The highest BCUT2D eigenvalue weighted by Gasteiger charge is 2.18. The fourth-order valence-corrected chi connectivity index (χ4v) is 2.90. The molecule has 1 aliphatic rings. The topological polar surface area (TPSA) is 92.9 Å². The maximum absolute atomic E-state index is 11.5. The Bertz CT molecular complexity index is 744. The first-order chi connectivity index (χ1) is 11.5. The largest absolute Gasteiger partial charge is 0.367 e. The number of amides is 1. The molecule has 1 aliphatic heterocycles. The van der Waals surface area contributed by atoms with Crippen LogP contribution in [0.1, 0.15) is 25.8 Å². The summed E-state index contributed by atoms with van der Waals surface area (Å²) >= 11 is 0. The van der Waals surface area contributed by atoms with Crippen molar-refractivity contribution in [2.45, 2.75) is 32.7 Å². The number of fused-ring (bicyclic) bond motifs is 1. The number of nitrogens with zero attached hydrogens (tertiary/aromatic N) is 2. The lowest BCUT2D eigenvalue weighted by Gasteiger charge is -2.15. The van der Waals surface area contributed by atoms with E-state index in [-0.39, 0.29) is 11.9 Å². The van der Waals surface area contributed by atoms with Crippen LogP contribution in [0.4, 0.5) is 11.5 Å². The van der Waals surface area contributed by atoms with Gasteiger partial charge in [0.25, 0.3) is 0 Å². The molecule has 0 spiro atoms. The third-order valence-electron chi connectivity index (χ3n) is 3.98. The van der Waals surface area contributed by atoms with E-state index < -0.39 is 0 Å². The van der Waals surface area contributed by atoms with Gasteiger partial charge >= 0.3 is 0 Å². The van der Waals surface area contributed by atoms with Crippen molar-refractivity contribution in [2.75, 3.05) is 17.2 Å². The van der Waals surface area contributed by atoms with E-state index in [1.54, 1.807) is 12.4 Å². The van der Waals surface area contributed by atoms with E-state index in [0.29, 0.717) is 24.7 Å². The number of nitrogens with two attached hydrogens (primary N) is 1. The van der Waals surface area contributed by atoms with Crippen molar-refractivity contribution >= 4 is 17.4 Å². The van der Waals surface area contributed by atoms with Gasteiger partial charge in [-0.1, -0.05) is 19.9 Å². The van der Waals surface area contributed by atoms with E-state index in [0.717, 1.165) is 28.9 Å². The maximum atomic E-state index is 11.5. The number of anilines is 2. The Balaban J connectivity index is 1.72. The molecular formula is C18H23N5O. The first-order valence-electron chi connectivity index (χ1n) is 8.26. The van der Waals surface area contributed by atoms with Gasteiger partial charge < -0.3 is 16.4 Å². The van der Waals surface area contributed by atoms with Crippen LogP contribution < -0.4 is 16.4 Å². The van der Waals surface area contributed by atoms with Crippen LogP contribution in [0.2, 0.25) is 0 Å². The molecular weight excluding hydrogens is 302 g/mol. The molecule has 24 heavy (non-hydrogen) atoms. The Morgan fingerprint density at radius 3 is 2.96 bits per heavy atom. The lowest BCUT2D eigenvalue weighted by molar-refractivity contribution is -0.115. The zero-order chi connectivity index (χ0) is 17.1. The molecule has 0 radical (unpaired) electrons. The van der Waals surface area contributed by atoms with Crippen LogP contribution in [0.15, 0.2) is 30.6 Å². The van der Waals surface area contributed by atoms with E-state index in [2.05, 4.69) is 34.4 Å². The van der Waals surface area contributed by atoms with E-state index >= 15 is 0 Å². The molecule has 0 fully saturated rings. The highest BCUT2D eigenvalue weighted by Crippen LogP contribution is 2.28. The van der Waals surface area contributed by atoms with Gasteiger partial charge in [-0.15, -0.1) is 0 Å². The van der Waals surface area contributed by atoms with Crippen LogP contribution in [-0.2, 0) is 11.2 Å². The van der Waals surface area contributed by atoms with Crippen molar-refractivity contribution in [1.82, 2.24) is 9.97 Å². The van der Waals surface area contributed by atoms with Crippen LogP contribution in [0.25, 0.3) is 11.3 Å². The minimum absolute atomic E-state index is 0.0304. The van der Waals surface area contributed by atoms with Crippen LogP contribution in [0.3, 0.4) is 0 Å². The predicted molar refractivity (Wildman–Crippen MR) is 95.7 cm³/mol. The molecule has 1 unspecified atom stereocenters. The summed E-state index contributed by atoms with van der Waals surface area (Å²) in [5.74, 6) is 1.31.